The molecule has 0 aliphatic carbocycles. The van der Waals surface area contributed by atoms with Gasteiger partial charge in [0, 0.05) is 23.1 Å². The monoisotopic (exact) mass is 431 g/mol. The van der Waals surface area contributed by atoms with E-state index in [0.29, 0.717) is 47.8 Å². The minimum Gasteiger partial charge on any atom is -0.485 e. The fourth-order valence-corrected chi connectivity index (χ4v) is 2.94. The number of hydrogen-bond acceptors (Lipinski definition) is 4. The third-order valence-electron chi connectivity index (χ3n) is 4.24. The Kier molecular flexibility index (Phi) is 8.20. The molecule has 0 heterocycles. The van der Waals surface area contributed by atoms with E-state index in [1.807, 2.05) is 66.7 Å². The molecular formula is C23H23Cl2NO3. The molecule has 29 heavy (non-hydrogen) atoms. The second kappa shape index (κ2) is 11.1. The summed E-state index contributed by atoms with van der Waals surface area (Å²) in [5.74, 6) is 1.33. The summed E-state index contributed by atoms with van der Waals surface area (Å²) in [5.41, 5.74) is 3.08. The predicted molar refractivity (Wildman–Crippen MR) is 117 cm³/mol. The molecular weight excluding hydrogens is 409 g/mol. The van der Waals surface area contributed by atoms with Crippen molar-refractivity contribution in [3.05, 3.63) is 93.5 Å². The SMILES string of the molecule is OCCNCc1ccc(OCc2ccc(Cl)cc2)c(OCc2ccc(Cl)cc2)c1. The van der Waals surface area contributed by atoms with Gasteiger partial charge in [-0.2, -0.15) is 0 Å². The lowest BCUT2D eigenvalue weighted by Crippen LogP contribution is -2.17. The number of hydrogen-bond donors (Lipinski definition) is 2. The predicted octanol–water partition coefficient (Wildman–Crippen LogP) is 5.23. The van der Waals surface area contributed by atoms with Crippen LogP contribution in [0.3, 0.4) is 0 Å². The van der Waals surface area contributed by atoms with E-state index >= 15 is 0 Å². The van der Waals surface area contributed by atoms with E-state index < -0.39 is 0 Å². The van der Waals surface area contributed by atoms with Crippen molar-refractivity contribution < 1.29 is 14.6 Å². The smallest absolute Gasteiger partial charge is 0.162 e. The van der Waals surface area contributed by atoms with E-state index in [9.17, 15) is 0 Å². The highest BCUT2D eigenvalue weighted by atomic mass is 35.5. The zero-order valence-corrected chi connectivity index (χ0v) is 17.4. The lowest BCUT2D eigenvalue weighted by atomic mass is 10.2. The van der Waals surface area contributed by atoms with Gasteiger partial charge in [0.1, 0.15) is 13.2 Å². The molecule has 152 valence electrons. The molecule has 4 nitrogen and oxygen atoms in total. The number of rotatable bonds is 10. The molecule has 0 spiro atoms. The van der Waals surface area contributed by atoms with Crippen LogP contribution in [-0.2, 0) is 19.8 Å². The average molecular weight is 432 g/mol. The number of nitrogens with one attached hydrogen (secondary N) is 1. The Bertz CT molecular complexity index is 899. The van der Waals surface area contributed by atoms with Crippen LogP contribution in [0.2, 0.25) is 10.0 Å². The molecule has 0 atom stereocenters. The van der Waals surface area contributed by atoms with Crippen molar-refractivity contribution in [3.63, 3.8) is 0 Å². The third kappa shape index (κ3) is 6.94. The fraction of sp³-hybridized carbons (Fsp3) is 0.217. The molecule has 2 N–H and O–H groups in total. The summed E-state index contributed by atoms with van der Waals surface area (Å²) >= 11 is 11.9. The van der Waals surface area contributed by atoms with E-state index in [-0.39, 0.29) is 6.61 Å². The molecule has 0 saturated carbocycles. The summed E-state index contributed by atoms with van der Waals surface area (Å²) < 4.78 is 12.1. The van der Waals surface area contributed by atoms with Crippen LogP contribution in [0.1, 0.15) is 16.7 Å². The van der Waals surface area contributed by atoms with Crippen LogP contribution in [0, 0.1) is 0 Å². The number of aliphatic hydroxyl groups is 1. The second-order valence-electron chi connectivity index (χ2n) is 6.51. The summed E-state index contributed by atoms with van der Waals surface area (Å²) in [7, 11) is 0. The summed E-state index contributed by atoms with van der Waals surface area (Å²) in [5, 5.41) is 13.5. The van der Waals surface area contributed by atoms with Crippen molar-refractivity contribution in [1.82, 2.24) is 5.32 Å². The quantitative estimate of drug-likeness (QED) is 0.431. The van der Waals surface area contributed by atoms with Crippen molar-refractivity contribution in [2.45, 2.75) is 19.8 Å². The molecule has 0 aliphatic heterocycles. The number of ether oxygens (including phenoxy) is 2. The summed E-state index contributed by atoms with van der Waals surface area (Å²) in [6.07, 6.45) is 0. The number of benzene rings is 3. The highest BCUT2D eigenvalue weighted by molar-refractivity contribution is 6.30. The number of halogens is 2. The molecule has 0 aromatic heterocycles. The van der Waals surface area contributed by atoms with Crippen LogP contribution in [0.15, 0.2) is 66.7 Å². The van der Waals surface area contributed by atoms with Gasteiger partial charge in [0.25, 0.3) is 0 Å². The van der Waals surface area contributed by atoms with Crippen molar-refractivity contribution in [3.8, 4) is 11.5 Å². The molecule has 6 heteroatoms. The molecule has 0 aliphatic rings. The van der Waals surface area contributed by atoms with E-state index in [1.54, 1.807) is 0 Å². The Labute approximate surface area is 181 Å². The highest BCUT2D eigenvalue weighted by Gasteiger charge is 2.09. The Morgan fingerprint density at radius 3 is 1.76 bits per heavy atom. The Morgan fingerprint density at radius 1 is 0.690 bits per heavy atom. The standard InChI is InChI=1S/C23H23Cl2NO3/c24-20-6-1-17(2-7-20)15-28-22-10-5-19(14-26-11-12-27)13-23(22)29-16-18-3-8-21(25)9-4-18/h1-10,13,26-27H,11-12,14-16H2. The first-order valence-electron chi connectivity index (χ1n) is 9.33. The van der Waals surface area contributed by atoms with Crippen LogP contribution in [0.25, 0.3) is 0 Å². The summed E-state index contributed by atoms with van der Waals surface area (Å²) in [4.78, 5) is 0. The molecule has 0 unspecified atom stereocenters. The van der Waals surface area contributed by atoms with Gasteiger partial charge < -0.3 is 19.9 Å². The van der Waals surface area contributed by atoms with Crippen molar-refractivity contribution >= 4 is 23.2 Å². The van der Waals surface area contributed by atoms with E-state index in [2.05, 4.69) is 5.32 Å². The average Bonchev–Trinajstić information content (AvgIpc) is 2.74. The van der Waals surface area contributed by atoms with Crippen LogP contribution >= 0.6 is 23.2 Å². The van der Waals surface area contributed by atoms with Gasteiger partial charge in [0.2, 0.25) is 0 Å². The maximum absolute atomic E-state index is 8.94. The fourth-order valence-electron chi connectivity index (χ4n) is 2.69. The van der Waals surface area contributed by atoms with Gasteiger partial charge in [0.05, 0.1) is 6.61 Å². The van der Waals surface area contributed by atoms with Gasteiger partial charge in [-0.1, -0.05) is 53.5 Å². The van der Waals surface area contributed by atoms with Gasteiger partial charge in [-0.15, -0.1) is 0 Å². The minimum absolute atomic E-state index is 0.0994. The number of aliphatic hydroxyl groups excluding tert-OH is 1. The Hall–Kier alpha value is -2.24. The third-order valence-corrected chi connectivity index (χ3v) is 4.74. The zero-order valence-electron chi connectivity index (χ0n) is 15.9. The molecule has 3 aromatic carbocycles. The second-order valence-corrected chi connectivity index (χ2v) is 7.38. The van der Waals surface area contributed by atoms with Gasteiger partial charge in [-0.25, -0.2) is 0 Å². The van der Waals surface area contributed by atoms with Crippen LogP contribution < -0.4 is 14.8 Å². The largest absolute Gasteiger partial charge is 0.485 e. The first-order chi connectivity index (χ1) is 14.1. The van der Waals surface area contributed by atoms with Crippen LogP contribution in [0.5, 0.6) is 11.5 Å². The van der Waals surface area contributed by atoms with Crippen molar-refractivity contribution in [2.24, 2.45) is 0 Å². The molecule has 3 rings (SSSR count). The van der Waals surface area contributed by atoms with E-state index in [0.717, 1.165) is 16.7 Å². The van der Waals surface area contributed by atoms with Gasteiger partial charge in [-0.3, -0.25) is 0 Å². The lowest BCUT2D eigenvalue weighted by Gasteiger charge is -2.15. The maximum Gasteiger partial charge on any atom is 0.162 e. The first kappa shape index (κ1) is 21.5. The molecule has 0 amide bonds. The van der Waals surface area contributed by atoms with E-state index in [1.165, 1.54) is 0 Å². The van der Waals surface area contributed by atoms with Crippen molar-refractivity contribution in [2.75, 3.05) is 13.2 Å². The van der Waals surface area contributed by atoms with Crippen LogP contribution in [-0.4, -0.2) is 18.3 Å². The lowest BCUT2D eigenvalue weighted by molar-refractivity contribution is 0.255. The van der Waals surface area contributed by atoms with Gasteiger partial charge >= 0.3 is 0 Å². The maximum atomic E-state index is 8.94. The highest BCUT2D eigenvalue weighted by Crippen LogP contribution is 2.30. The molecule has 0 radical (unpaired) electrons. The van der Waals surface area contributed by atoms with Crippen molar-refractivity contribution in [1.29, 1.82) is 0 Å². The Balaban J connectivity index is 1.71. The first-order valence-corrected chi connectivity index (χ1v) is 10.1. The molecule has 0 bridgehead atoms. The van der Waals surface area contributed by atoms with Crippen LogP contribution in [0.4, 0.5) is 0 Å². The molecule has 0 fully saturated rings. The minimum atomic E-state index is 0.0994. The zero-order chi connectivity index (χ0) is 20.5. The normalized spacial score (nSPS) is 10.7. The molecule has 0 saturated heterocycles. The van der Waals surface area contributed by atoms with Gasteiger partial charge in [-0.05, 0) is 53.1 Å². The summed E-state index contributed by atoms with van der Waals surface area (Å²) in [6.45, 7) is 2.09. The van der Waals surface area contributed by atoms with Gasteiger partial charge in [0.15, 0.2) is 11.5 Å². The molecule has 3 aromatic rings. The Morgan fingerprint density at radius 2 is 1.21 bits per heavy atom. The summed E-state index contributed by atoms with van der Waals surface area (Å²) in [6, 6.07) is 20.9. The topological polar surface area (TPSA) is 50.7 Å². The van der Waals surface area contributed by atoms with E-state index in [4.69, 9.17) is 37.8 Å².